The van der Waals surface area contributed by atoms with Crippen molar-refractivity contribution in [3.8, 4) is 0 Å². The highest BCUT2D eigenvalue weighted by molar-refractivity contribution is 9.09. The molecule has 0 radical (unpaired) electrons. The van der Waals surface area contributed by atoms with E-state index in [1.54, 1.807) is 4.31 Å². The minimum atomic E-state index is -3.34. The van der Waals surface area contributed by atoms with E-state index in [4.69, 9.17) is 0 Å². The minimum absolute atomic E-state index is 0.283. The summed E-state index contributed by atoms with van der Waals surface area (Å²) in [5.74, 6) is 1.35. The zero-order chi connectivity index (χ0) is 14.8. The van der Waals surface area contributed by atoms with Gasteiger partial charge in [-0.2, -0.15) is 17.4 Å². The Morgan fingerprint density at radius 2 is 1.60 bits per heavy atom. The molecule has 0 aromatic rings. The number of halogens is 1. The van der Waals surface area contributed by atoms with Crippen molar-refractivity contribution in [3.05, 3.63) is 0 Å². The fourth-order valence-corrected chi connectivity index (χ4v) is 5.67. The summed E-state index contributed by atoms with van der Waals surface area (Å²) >= 11 is 3.53. The second-order valence-corrected chi connectivity index (χ2v) is 9.02. The molecule has 20 heavy (non-hydrogen) atoms. The summed E-state index contributed by atoms with van der Waals surface area (Å²) in [5, 5.41) is 0.705. The number of nitrogens with zero attached hydrogens (tertiary/aromatic N) is 1. The Balaban J connectivity index is 2.02. The molecule has 2 fully saturated rings. The molecular formula is C14H27BrN2O2S. The molecule has 1 saturated carbocycles. The molecule has 2 rings (SSSR count). The topological polar surface area (TPSA) is 49.4 Å². The average Bonchev–Trinajstić information content (AvgIpc) is 2.42. The second kappa shape index (κ2) is 6.63. The Bertz CT molecular complexity index is 411. The number of alkyl halides is 1. The van der Waals surface area contributed by atoms with E-state index in [0.717, 1.165) is 38.5 Å². The molecule has 0 atom stereocenters. The predicted octanol–water partition coefficient (Wildman–Crippen LogP) is 2.90. The largest absolute Gasteiger partial charge is 0.279 e. The van der Waals surface area contributed by atoms with E-state index in [2.05, 4.69) is 34.5 Å². The molecule has 1 N–H and O–H groups in total. The Labute approximate surface area is 132 Å². The average molecular weight is 367 g/mol. The summed E-state index contributed by atoms with van der Waals surface area (Å²) in [6, 6.07) is 0. The van der Waals surface area contributed by atoms with Crippen molar-refractivity contribution in [1.82, 2.24) is 9.03 Å². The molecule has 2 aliphatic rings. The van der Waals surface area contributed by atoms with Gasteiger partial charge in [-0.15, -0.1) is 0 Å². The van der Waals surface area contributed by atoms with Crippen LogP contribution in [0.2, 0.25) is 0 Å². The first-order chi connectivity index (χ1) is 9.37. The van der Waals surface area contributed by atoms with Gasteiger partial charge in [0.25, 0.3) is 10.2 Å². The number of piperidine rings is 1. The molecule has 0 unspecified atom stereocenters. The van der Waals surface area contributed by atoms with Gasteiger partial charge < -0.3 is 0 Å². The van der Waals surface area contributed by atoms with Gasteiger partial charge in [-0.1, -0.05) is 29.8 Å². The Hall–Kier alpha value is 0.350. The first-order valence-corrected chi connectivity index (χ1v) is 10.3. The summed E-state index contributed by atoms with van der Waals surface area (Å²) in [5.41, 5.74) is -0.283. The number of hydrogen-bond acceptors (Lipinski definition) is 2. The second-order valence-electron chi connectivity index (χ2n) is 6.79. The molecule has 0 aromatic heterocycles. The minimum Gasteiger partial charge on any atom is -0.195 e. The van der Waals surface area contributed by atoms with Gasteiger partial charge in [0.05, 0.1) is 0 Å². The lowest BCUT2D eigenvalue weighted by Crippen LogP contribution is -2.57. The van der Waals surface area contributed by atoms with Crippen LogP contribution >= 0.6 is 15.9 Å². The number of nitrogens with one attached hydrogen (secondary N) is 1. The molecule has 0 aromatic carbocycles. The smallest absolute Gasteiger partial charge is 0.195 e. The summed E-state index contributed by atoms with van der Waals surface area (Å²) in [6.07, 6.45) is 6.01. The quantitative estimate of drug-likeness (QED) is 0.777. The highest BCUT2D eigenvalue weighted by Crippen LogP contribution is 2.34. The van der Waals surface area contributed by atoms with E-state index in [1.165, 1.54) is 0 Å². The molecule has 1 aliphatic carbocycles. The van der Waals surface area contributed by atoms with Crippen molar-refractivity contribution in [2.24, 2.45) is 11.8 Å². The standard InChI is InChI=1S/C14H27BrN2O2S/c1-12-3-7-14(11-15,8-4-12)16-20(18,19)17-9-5-13(2)6-10-17/h12-13,16H,3-11H2,1-2H3. The SMILES string of the molecule is CC1CCN(S(=O)(=O)NC2(CBr)CCC(C)CC2)CC1. The van der Waals surface area contributed by atoms with Gasteiger partial charge in [-0.05, 0) is 50.4 Å². The molecular weight excluding hydrogens is 340 g/mol. The van der Waals surface area contributed by atoms with Crippen LogP contribution in [0.1, 0.15) is 52.4 Å². The summed E-state index contributed by atoms with van der Waals surface area (Å²) < 4.78 is 29.8. The monoisotopic (exact) mass is 366 g/mol. The van der Waals surface area contributed by atoms with E-state index in [1.807, 2.05) is 0 Å². The molecule has 1 aliphatic heterocycles. The summed E-state index contributed by atoms with van der Waals surface area (Å²) in [7, 11) is -3.34. The van der Waals surface area contributed by atoms with E-state index in [0.29, 0.717) is 30.3 Å². The van der Waals surface area contributed by atoms with Crippen molar-refractivity contribution in [2.75, 3.05) is 18.4 Å². The fraction of sp³-hybridized carbons (Fsp3) is 1.00. The fourth-order valence-electron chi connectivity index (χ4n) is 3.14. The zero-order valence-corrected chi connectivity index (χ0v) is 15.0. The third-order valence-corrected chi connectivity index (χ3v) is 7.72. The number of rotatable bonds is 4. The lowest BCUT2D eigenvalue weighted by atomic mass is 9.79. The van der Waals surface area contributed by atoms with Crippen LogP contribution in [0.15, 0.2) is 0 Å². The molecule has 0 bridgehead atoms. The zero-order valence-electron chi connectivity index (χ0n) is 12.6. The van der Waals surface area contributed by atoms with Crippen LogP contribution in [0, 0.1) is 11.8 Å². The van der Waals surface area contributed by atoms with Crippen LogP contribution in [0.4, 0.5) is 0 Å². The van der Waals surface area contributed by atoms with Crippen LogP contribution in [0.25, 0.3) is 0 Å². The van der Waals surface area contributed by atoms with Crippen molar-refractivity contribution in [1.29, 1.82) is 0 Å². The van der Waals surface area contributed by atoms with E-state index >= 15 is 0 Å². The van der Waals surface area contributed by atoms with Crippen LogP contribution in [-0.2, 0) is 10.2 Å². The van der Waals surface area contributed by atoms with Crippen molar-refractivity contribution in [2.45, 2.75) is 57.9 Å². The van der Waals surface area contributed by atoms with Gasteiger partial charge in [0.2, 0.25) is 0 Å². The van der Waals surface area contributed by atoms with Crippen molar-refractivity contribution in [3.63, 3.8) is 0 Å². The molecule has 0 spiro atoms. The van der Waals surface area contributed by atoms with Gasteiger partial charge >= 0.3 is 0 Å². The maximum absolute atomic E-state index is 12.6. The molecule has 4 nitrogen and oxygen atoms in total. The Kier molecular flexibility index (Phi) is 5.54. The van der Waals surface area contributed by atoms with Gasteiger partial charge in [0, 0.05) is 24.0 Å². The Morgan fingerprint density at radius 1 is 1.10 bits per heavy atom. The lowest BCUT2D eigenvalue weighted by molar-refractivity contribution is 0.235. The summed E-state index contributed by atoms with van der Waals surface area (Å²) in [4.78, 5) is 0. The van der Waals surface area contributed by atoms with E-state index in [-0.39, 0.29) is 5.54 Å². The van der Waals surface area contributed by atoms with Crippen LogP contribution in [0.3, 0.4) is 0 Å². The molecule has 6 heteroatoms. The maximum atomic E-state index is 12.6. The van der Waals surface area contributed by atoms with Gasteiger partial charge in [-0.25, -0.2) is 0 Å². The van der Waals surface area contributed by atoms with Gasteiger partial charge in [0.1, 0.15) is 0 Å². The first kappa shape index (κ1) is 16.7. The van der Waals surface area contributed by atoms with E-state index < -0.39 is 10.2 Å². The van der Waals surface area contributed by atoms with Gasteiger partial charge in [0.15, 0.2) is 0 Å². The molecule has 1 saturated heterocycles. The predicted molar refractivity (Wildman–Crippen MR) is 86.2 cm³/mol. The first-order valence-electron chi connectivity index (χ1n) is 7.72. The van der Waals surface area contributed by atoms with Crippen molar-refractivity contribution < 1.29 is 8.42 Å². The molecule has 118 valence electrons. The van der Waals surface area contributed by atoms with Crippen LogP contribution < -0.4 is 4.72 Å². The van der Waals surface area contributed by atoms with E-state index in [9.17, 15) is 8.42 Å². The maximum Gasteiger partial charge on any atom is 0.279 e. The molecule has 0 amide bonds. The molecule has 1 heterocycles. The highest BCUT2D eigenvalue weighted by Gasteiger charge is 2.39. The Morgan fingerprint density at radius 3 is 2.10 bits per heavy atom. The number of hydrogen-bond donors (Lipinski definition) is 1. The van der Waals surface area contributed by atoms with Crippen molar-refractivity contribution >= 4 is 26.1 Å². The normalized spacial score (nSPS) is 34.2. The highest BCUT2D eigenvalue weighted by atomic mass is 79.9. The van der Waals surface area contributed by atoms with Crippen LogP contribution in [-0.4, -0.2) is 36.7 Å². The third-order valence-electron chi connectivity index (χ3n) is 4.92. The van der Waals surface area contributed by atoms with Gasteiger partial charge in [-0.3, -0.25) is 0 Å². The van der Waals surface area contributed by atoms with Crippen LogP contribution in [0.5, 0.6) is 0 Å². The lowest BCUT2D eigenvalue weighted by Gasteiger charge is -2.40. The summed E-state index contributed by atoms with van der Waals surface area (Å²) in [6.45, 7) is 5.76. The third kappa shape index (κ3) is 3.96.